The van der Waals surface area contributed by atoms with Crippen molar-refractivity contribution in [2.24, 2.45) is 0 Å². The number of nitrogens with two attached hydrogens (primary N) is 1. The molecule has 25 heavy (non-hydrogen) atoms. The van der Waals surface area contributed by atoms with Gasteiger partial charge in [-0.25, -0.2) is 13.5 Å². The summed E-state index contributed by atoms with van der Waals surface area (Å²) >= 11 is 4.10. The Labute approximate surface area is 144 Å². The van der Waals surface area contributed by atoms with E-state index in [2.05, 4.69) is 27.3 Å². The molecule has 0 aromatic carbocycles. The van der Waals surface area contributed by atoms with E-state index in [0.717, 1.165) is 10.3 Å². The van der Waals surface area contributed by atoms with Crippen molar-refractivity contribution in [1.82, 2.24) is 18.5 Å². The summed E-state index contributed by atoms with van der Waals surface area (Å²) in [5, 5.41) is 20.2. The van der Waals surface area contributed by atoms with Crippen LogP contribution in [0.2, 0.25) is 0 Å². The third kappa shape index (κ3) is 3.30. The van der Waals surface area contributed by atoms with Crippen molar-refractivity contribution < 1.29 is 33.8 Å². The number of anilines is 1. The molecule has 2 aromatic rings. The van der Waals surface area contributed by atoms with Crippen molar-refractivity contribution in [1.29, 1.82) is 0 Å². The van der Waals surface area contributed by atoms with E-state index in [1.807, 2.05) is 0 Å². The van der Waals surface area contributed by atoms with Crippen molar-refractivity contribution in [3.05, 3.63) is 16.7 Å². The lowest BCUT2D eigenvalue weighted by molar-refractivity contribution is -0.0504. The number of phosphoric ester groups is 1. The summed E-state index contributed by atoms with van der Waals surface area (Å²) in [7, 11) is -4.78. The van der Waals surface area contributed by atoms with Crippen LogP contribution < -0.4 is 11.3 Å². The summed E-state index contributed by atoms with van der Waals surface area (Å²) in [5.74, 6) is -0.225. The normalized spacial score (nSPS) is 27.2. The molecule has 15 heteroatoms. The molecule has 2 aromatic heterocycles. The average Bonchev–Trinajstić information content (AvgIpc) is 3.06. The summed E-state index contributed by atoms with van der Waals surface area (Å²) < 4.78 is 22.7. The van der Waals surface area contributed by atoms with Crippen LogP contribution in [0.5, 0.6) is 0 Å². The summed E-state index contributed by atoms with van der Waals surface area (Å²) in [5.41, 5.74) is 4.83. The first-order valence-electron chi connectivity index (χ1n) is 6.76. The largest absolute Gasteiger partial charge is 0.469 e. The third-order valence-corrected chi connectivity index (χ3v) is 4.50. The van der Waals surface area contributed by atoms with Crippen molar-refractivity contribution in [3.63, 3.8) is 0 Å². The predicted molar refractivity (Wildman–Crippen MR) is 84.5 cm³/mol. The van der Waals surface area contributed by atoms with Crippen LogP contribution >= 0.6 is 20.6 Å². The van der Waals surface area contributed by atoms with Crippen LogP contribution in [0.25, 0.3) is 11.2 Å². The fraction of sp³-hybridized carbons (Fsp3) is 0.500. The molecule has 0 spiro atoms. The Morgan fingerprint density at radius 1 is 1.40 bits per heavy atom. The topological polar surface area (TPSA) is 195 Å². The maximum atomic E-state index is 11.8. The van der Waals surface area contributed by atoms with Gasteiger partial charge in [0.25, 0.3) is 0 Å². The van der Waals surface area contributed by atoms with Crippen LogP contribution in [0.1, 0.15) is 6.23 Å². The van der Waals surface area contributed by atoms with Crippen LogP contribution in [0.15, 0.2) is 11.1 Å². The van der Waals surface area contributed by atoms with Gasteiger partial charge in [0, 0.05) is 0 Å². The molecular weight excluding hydrogens is 381 g/mol. The predicted octanol–water partition coefficient (Wildman–Crippen LogP) is -2.40. The number of aromatic nitrogens is 4. The minimum absolute atomic E-state index is 0.0636. The Kier molecular flexibility index (Phi) is 4.63. The smallest absolute Gasteiger partial charge is 0.387 e. The lowest BCUT2D eigenvalue weighted by atomic mass is 10.1. The molecule has 3 heterocycles. The highest BCUT2D eigenvalue weighted by Gasteiger charge is 2.45. The van der Waals surface area contributed by atoms with E-state index in [1.165, 1.54) is 4.57 Å². The van der Waals surface area contributed by atoms with E-state index in [-0.39, 0.29) is 17.1 Å². The number of phosphoric acid groups is 1. The number of hydrogen-bond donors (Lipinski definition) is 6. The minimum Gasteiger partial charge on any atom is -0.387 e. The number of rotatable bonds is 4. The number of nitrogen functional groups attached to an aromatic ring is 1. The molecular formula is C10H14N5O8PS. The molecule has 3 rings (SSSR count). The Bertz CT molecular complexity index is 911. The Hall–Kier alpha value is -1.51. The number of aliphatic hydroxyl groups is 2. The molecule has 6 N–H and O–H groups in total. The molecule has 4 atom stereocenters. The van der Waals surface area contributed by atoms with Crippen molar-refractivity contribution in [2.45, 2.75) is 24.5 Å². The standard InChI is InChI=1S/C10H14N5O8PS/c11-10-13-7(18)4-8(15(10)25)14(2-12-4)9-6(17)5(16)3(23-9)1-22-24(19,20)21/h2-3,5-6,9,16-17,25H,1H2,(H2,11,13,18)(H2,19,20,21)/t3-,5-,6-,9-/m1/s1. The van der Waals surface area contributed by atoms with Gasteiger partial charge in [0.1, 0.15) is 18.3 Å². The number of hydrogen-bond acceptors (Lipinski definition) is 10. The van der Waals surface area contributed by atoms with Crippen LogP contribution in [0, 0.1) is 0 Å². The first-order chi connectivity index (χ1) is 11.6. The minimum atomic E-state index is -4.78. The van der Waals surface area contributed by atoms with Gasteiger partial charge in [-0.1, -0.05) is 12.8 Å². The van der Waals surface area contributed by atoms with Gasteiger partial charge >= 0.3 is 13.4 Å². The number of ether oxygens (including phenoxy) is 1. The summed E-state index contributed by atoms with van der Waals surface area (Å²) in [6.45, 7) is -0.664. The molecule has 0 bridgehead atoms. The molecule has 1 saturated heterocycles. The first kappa shape index (κ1) is 18.3. The highest BCUT2D eigenvalue weighted by molar-refractivity contribution is 7.78. The fourth-order valence-electron chi connectivity index (χ4n) is 2.48. The second-order valence-electron chi connectivity index (χ2n) is 5.24. The van der Waals surface area contributed by atoms with E-state index in [1.54, 1.807) is 0 Å². The van der Waals surface area contributed by atoms with E-state index < -0.39 is 44.5 Å². The Morgan fingerprint density at radius 3 is 2.72 bits per heavy atom. The van der Waals surface area contributed by atoms with E-state index in [4.69, 9.17) is 20.3 Å². The number of nitrogens with zero attached hydrogens (tertiary/aromatic N) is 4. The fourth-order valence-corrected chi connectivity index (χ4v) is 3.07. The zero-order chi connectivity index (χ0) is 18.5. The molecule has 0 aliphatic carbocycles. The quantitative estimate of drug-likeness (QED) is 0.238. The second-order valence-corrected chi connectivity index (χ2v) is 6.88. The Morgan fingerprint density at radius 2 is 2.08 bits per heavy atom. The third-order valence-electron chi connectivity index (χ3n) is 3.62. The molecule has 1 aliphatic heterocycles. The van der Waals surface area contributed by atoms with Gasteiger partial charge < -0.3 is 30.5 Å². The number of fused-ring (bicyclic) bond motifs is 1. The molecule has 138 valence electrons. The van der Waals surface area contributed by atoms with Crippen molar-refractivity contribution in [2.75, 3.05) is 12.3 Å². The molecule has 0 unspecified atom stereocenters. The molecule has 1 fully saturated rings. The van der Waals surface area contributed by atoms with Gasteiger partial charge in [0.05, 0.1) is 12.9 Å². The second kappa shape index (κ2) is 6.34. The Balaban J connectivity index is 1.96. The lowest BCUT2D eigenvalue weighted by Gasteiger charge is -2.18. The summed E-state index contributed by atoms with van der Waals surface area (Å²) in [6, 6.07) is 0. The van der Waals surface area contributed by atoms with E-state index in [9.17, 15) is 19.6 Å². The zero-order valence-electron chi connectivity index (χ0n) is 12.3. The van der Waals surface area contributed by atoms with E-state index >= 15 is 0 Å². The number of imidazole rings is 1. The van der Waals surface area contributed by atoms with Crippen LogP contribution in [0.4, 0.5) is 5.95 Å². The first-order valence-corrected chi connectivity index (χ1v) is 8.69. The summed E-state index contributed by atoms with van der Waals surface area (Å²) in [4.78, 5) is 36.7. The van der Waals surface area contributed by atoms with Crippen LogP contribution in [-0.4, -0.2) is 63.4 Å². The monoisotopic (exact) mass is 395 g/mol. The number of thiol groups is 1. The van der Waals surface area contributed by atoms with Gasteiger partial charge in [-0.2, -0.15) is 4.98 Å². The zero-order valence-corrected chi connectivity index (χ0v) is 14.1. The molecule has 0 amide bonds. The molecule has 0 saturated carbocycles. The average molecular weight is 395 g/mol. The molecule has 0 radical (unpaired) electrons. The van der Waals surface area contributed by atoms with Crippen LogP contribution in [-0.2, 0) is 13.8 Å². The van der Waals surface area contributed by atoms with Crippen molar-refractivity contribution >= 4 is 37.7 Å². The number of aliphatic hydroxyl groups excluding tert-OH is 2. The van der Waals surface area contributed by atoms with Gasteiger partial charge in [-0.15, -0.1) is 0 Å². The van der Waals surface area contributed by atoms with Crippen LogP contribution in [0.3, 0.4) is 0 Å². The van der Waals surface area contributed by atoms with Gasteiger partial charge in [-0.05, 0) is 0 Å². The lowest BCUT2D eigenvalue weighted by Crippen LogP contribution is -2.33. The SMILES string of the molecule is Nc1nc(=O)c2ncn([C@@H]3O[C@H](COP(=O)(O)O)[C@@H](O)[C@H]3O)c2n1S. The molecule has 1 aliphatic rings. The van der Waals surface area contributed by atoms with Gasteiger partial charge in [0.15, 0.2) is 17.4 Å². The highest BCUT2D eigenvalue weighted by Crippen LogP contribution is 2.38. The van der Waals surface area contributed by atoms with Crippen molar-refractivity contribution in [3.8, 4) is 0 Å². The summed E-state index contributed by atoms with van der Waals surface area (Å²) in [6.07, 6.45) is -4.31. The highest BCUT2D eigenvalue weighted by atomic mass is 32.1. The van der Waals surface area contributed by atoms with Gasteiger partial charge in [-0.3, -0.25) is 13.9 Å². The van der Waals surface area contributed by atoms with E-state index in [0.29, 0.717) is 0 Å². The van der Waals surface area contributed by atoms with Gasteiger partial charge in [0.2, 0.25) is 5.95 Å². The maximum Gasteiger partial charge on any atom is 0.469 e. The molecule has 13 nitrogen and oxygen atoms in total. The maximum absolute atomic E-state index is 11.8.